The van der Waals surface area contributed by atoms with Crippen molar-refractivity contribution in [2.75, 3.05) is 6.61 Å². The van der Waals surface area contributed by atoms with Gasteiger partial charge in [-0.15, -0.1) is 0 Å². The Kier molecular flexibility index (Phi) is 1.14. The summed E-state index contributed by atoms with van der Waals surface area (Å²) in [6.07, 6.45) is 0.292. The van der Waals surface area contributed by atoms with Crippen LogP contribution in [0.15, 0.2) is 24.3 Å². The number of benzene rings is 1. The molecule has 1 aromatic rings. The molecule has 1 aromatic carbocycles. The zero-order valence-electron chi connectivity index (χ0n) is 5.45. The minimum Gasteiger partial charge on any atom is -0.508 e. The highest BCUT2D eigenvalue weighted by molar-refractivity contribution is 5.28. The molecule has 10 heavy (non-hydrogen) atoms. The van der Waals surface area contributed by atoms with Crippen LogP contribution in [0.2, 0.25) is 0 Å². The largest absolute Gasteiger partial charge is 0.508 e. The van der Waals surface area contributed by atoms with Crippen LogP contribution in [0.1, 0.15) is 11.7 Å². The third kappa shape index (κ3) is 0.977. The van der Waals surface area contributed by atoms with E-state index in [1.54, 1.807) is 12.1 Å². The second kappa shape index (κ2) is 1.99. The van der Waals surface area contributed by atoms with E-state index < -0.39 is 0 Å². The maximum atomic E-state index is 8.92. The van der Waals surface area contributed by atoms with Crippen molar-refractivity contribution in [3.05, 3.63) is 29.8 Å². The third-order valence-corrected chi connectivity index (χ3v) is 1.60. The summed E-state index contributed by atoms with van der Waals surface area (Å²) < 4.78 is 5.05. The maximum Gasteiger partial charge on any atom is 0.115 e. The Morgan fingerprint density at radius 3 is 2.40 bits per heavy atom. The van der Waals surface area contributed by atoms with Crippen LogP contribution in [-0.2, 0) is 4.74 Å². The molecule has 1 fully saturated rings. The average Bonchev–Trinajstić information content (AvgIpc) is 2.71. The highest BCUT2D eigenvalue weighted by atomic mass is 16.6. The fourth-order valence-electron chi connectivity index (χ4n) is 0.930. The van der Waals surface area contributed by atoms with Crippen molar-refractivity contribution >= 4 is 0 Å². The van der Waals surface area contributed by atoms with Crippen LogP contribution < -0.4 is 0 Å². The van der Waals surface area contributed by atoms with E-state index in [4.69, 9.17) is 9.84 Å². The number of epoxide rings is 1. The molecule has 0 saturated carbocycles. The molecule has 2 heteroatoms. The first kappa shape index (κ1) is 5.74. The maximum absolute atomic E-state index is 8.92. The molecule has 1 saturated heterocycles. The summed E-state index contributed by atoms with van der Waals surface area (Å²) in [4.78, 5) is 0. The van der Waals surface area contributed by atoms with Crippen molar-refractivity contribution in [1.29, 1.82) is 0 Å². The number of ether oxygens (including phenoxy) is 1. The van der Waals surface area contributed by atoms with Gasteiger partial charge in [0, 0.05) is 0 Å². The van der Waals surface area contributed by atoms with E-state index >= 15 is 0 Å². The van der Waals surface area contributed by atoms with Crippen LogP contribution in [0.3, 0.4) is 0 Å². The van der Waals surface area contributed by atoms with Crippen molar-refractivity contribution in [1.82, 2.24) is 0 Å². The van der Waals surface area contributed by atoms with Gasteiger partial charge in [0.2, 0.25) is 0 Å². The number of phenolic OH excluding ortho intramolecular Hbond substituents is 1. The second-order valence-corrected chi connectivity index (χ2v) is 2.41. The lowest BCUT2D eigenvalue weighted by Gasteiger charge is -1.93. The van der Waals surface area contributed by atoms with Crippen molar-refractivity contribution in [2.45, 2.75) is 6.10 Å². The molecule has 1 aliphatic rings. The van der Waals surface area contributed by atoms with Gasteiger partial charge < -0.3 is 9.84 Å². The van der Waals surface area contributed by atoms with Gasteiger partial charge >= 0.3 is 0 Å². The fraction of sp³-hybridized carbons (Fsp3) is 0.250. The van der Waals surface area contributed by atoms with E-state index in [2.05, 4.69) is 0 Å². The van der Waals surface area contributed by atoms with Gasteiger partial charge in [-0.25, -0.2) is 0 Å². The highest BCUT2D eigenvalue weighted by Gasteiger charge is 2.23. The zero-order valence-corrected chi connectivity index (χ0v) is 5.45. The SMILES string of the molecule is Oc1ccc([C@@H]2CO2)cc1. The molecule has 2 nitrogen and oxygen atoms in total. The molecule has 0 bridgehead atoms. The summed E-state index contributed by atoms with van der Waals surface area (Å²) >= 11 is 0. The summed E-state index contributed by atoms with van der Waals surface area (Å²) in [5.74, 6) is 0.310. The lowest BCUT2D eigenvalue weighted by molar-refractivity contribution is 0.415. The van der Waals surface area contributed by atoms with Gasteiger partial charge in [-0.2, -0.15) is 0 Å². The Labute approximate surface area is 59.1 Å². The third-order valence-electron chi connectivity index (χ3n) is 1.60. The zero-order chi connectivity index (χ0) is 6.97. The predicted octanol–water partition coefficient (Wildman–Crippen LogP) is 1.46. The number of phenols is 1. The first-order chi connectivity index (χ1) is 4.86. The molecule has 0 radical (unpaired) electrons. The van der Waals surface area contributed by atoms with E-state index in [0.29, 0.717) is 11.9 Å². The van der Waals surface area contributed by atoms with Gasteiger partial charge in [0.05, 0.1) is 6.61 Å². The molecule has 0 aliphatic carbocycles. The predicted molar refractivity (Wildman–Crippen MR) is 36.8 cm³/mol. The normalized spacial score (nSPS) is 22.6. The Morgan fingerprint density at radius 1 is 1.30 bits per heavy atom. The standard InChI is InChI=1S/C8H8O2/c9-7-3-1-6(2-4-7)8-5-10-8/h1-4,8-9H,5H2/t8-/m0/s1. The van der Waals surface area contributed by atoms with Crippen molar-refractivity contribution in [3.8, 4) is 5.75 Å². The Bertz CT molecular complexity index is 224. The second-order valence-electron chi connectivity index (χ2n) is 2.41. The van der Waals surface area contributed by atoms with E-state index in [1.165, 1.54) is 0 Å². The Balaban J connectivity index is 2.28. The van der Waals surface area contributed by atoms with Crippen LogP contribution in [0, 0.1) is 0 Å². The number of rotatable bonds is 1. The minimum atomic E-state index is 0.292. The summed E-state index contributed by atoms with van der Waals surface area (Å²) in [5, 5.41) is 8.92. The van der Waals surface area contributed by atoms with Crippen LogP contribution in [0.4, 0.5) is 0 Å². The first-order valence-corrected chi connectivity index (χ1v) is 3.27. The van der Waals surface area contributed by atoms with Crippen molar-refractivity contribution in [3.63, 3.8) is 0 Å². The number of aromatic hydroxyl groups is 1. The van der Waals surface area contributed by atoms with Gasteiger partial charge in [0.15, 0.2) is 0 Å². The van der Waals surface area contributed by atoms with Crippen molar-refractivity contribution in [2.24, 2.45) is 0 Å². The molecule has 2 rings (SSSR count). The molecule has 1 N–H and O–H groups in total. The summed E-state index contributed by atoms with van der Waals surface area (Å²) in [7, 11) is 0. The number of hydrogen-bond acceptors (Lipinski definition) is 2. The lowest BCUT2D eigenvalue weighted by Crippen LogP contribution is -1.76. The molecular weight excluding hydrogens is 128 g/mol. The van der Waals surface area contributed by atoms with Gasteiger partial charge in [0.1, 0.15) is 11.9 Å². The van der Waals surface area contributed by atoms with Crippen LogP contribution in [0.5, 0.6) is 5.75 Å². The smallest absolute Gasteiger partial charge is 0.115 e. The van der Waals surface area contributed by atoms with Gasteiger partial charge in [-0.05, 0) is 17.7 Å². The van der Waals surface area contributed by atoms with Gasteiger partial charge in [0.25, 0.3) is 0 Å². The quantitative estimate of drug-likeness (QED) is 0.593. The Morgan fingerprint density at radius 2 is 1.90 bits per heavy atom. The highest BCUT2D eigenvalue weighted by Crippen LogP contribution is 2.30. The summed E-state index contributed by atoms with van der Waals surface area (Å²) in [6, 6.07) is 7.12. The lowest BCUT2D eigenvalue weighted by atomic mass is 10.2. The summed E-state index contributed by atoms with van der Waals surface area (Å²) in [5.41, 5.74) is 1.15. The molecule has 1 heterocycles. The van der Waals surface area contributed by atoms with E-state index in [-0.39, 0.29) is 0 Å². The number of hydrogen-bond donors (Lipinski definition) is 1. The molecule has 1 aliphatic heterocycles. The molecule has 0 spiro atoms. The van der Waals surface area contributed by atoms with E-state index in [9.17, 15) is 0 Å². The minimum absolute atomic E-state index is 0.292. The van der Waals surface area contributed by atoms with Crippen LogP contribution in [-0.4, -0.2) is 11.7 Å². The van der Waals surface area contributed by atoms with Crippen molar-refractivity contribution < 1.29 is 9.84 Å². The topological polar surface area (TPSA) is 32.8 Å². The summed E-state index contributed by atoms with van der Waals surface area (Å²) in [6.45, 7) is 0.824. The molecular formula is C8H8O2. The van der Waals surface area contributed by atoms with Crippen LogP contribution >= 0.6 is 0 Å². The van der Waals surface area contributed by atoms with Crippen LogP contribution in [0.25, 0.3) is 0 Å². The van der Waals surface area contributed by atoms with Gasteiger partial charge in [-0.1, -0.05) is 12.1 Å². The monoisotopic (exact) mass is 136 g/mol. The molecule has 0 aromatic heterocycles. The molecule has 0 amide bonds. The fourth-order valence-corrected chi connectivity index (χ4v) is 0.930. The average molecular weight is 136 g/mol. The first-order valence-electron chi connectivity index (χ1n) is 3.27. The molecule has 0 unspecified atom stereocenters. The van der Waals surface area contributed by atoms with E-state index in [1.807, 2.05) is 12.1 Å². The van der Waals surface area contributed by atoms with Gasteiger partial charge in [-0.3, -0.25) is 0 Å². The molecule has 1 atom stereocenters. The molecule has 52 valence electrons. The Hall–Kier alpha value is -1.02. The van der Waals surface area contributed by atoms with E-state index in [0.717, 1.165) is 12.2 Å².